The summed E-state index contributed by atoms with van der Waals surface area (Å²) in [6.07, 6.45) is 2.26. The lowest BCUT2D eigenvalue weighted by molar-refractivity contribution is -0.117. The molecule has 0 aliphatic rings. The van der Waals surface area contributed by atoms with Crippen molar-refractivity contribution in [3.63, 3.8) is 0 Å². The van der Waals surface area contributed by atoms with Crippen molar-refractivity contribution in [2.24, 2.45) is 0 Å². The minimum Gasteiger partial charge on any atom is -0.492 e. The van der Waals surface area contributed by atoms with E-state index in [1.54, 1.807) is 60.8 Å². The lowest BCUT2D eigenvalue weighted by Crippen LogP contribution is -2.16. The van der Waals surface area contributed by atoms with Crippen molar-refractivity contribution in [1.29, 1.82) is 0 Å². The fourth-order valence-corrected chi connectivity index (χ4v) is 3.35. The van der Waals surface area contributed by atoms with Crippen LogP contribution in [-0.4, -0.2) is 35.9 Å². The Morgan fingerprint density at radius 1 is 0.750 bits per heavy atom. The van der Waals surface area contributed by atoms with E-state index in [4.69, 9.17) is 9.47 Å². The Hall–Kier alpha value is -4.40. The number of anilines is 3. The Morgan fingerprint density at radius 2 is 1.33 bits per heavy atom. The number of amides is 3. The highest BCUT2D eigenvalue weighted by atomic mass is 16.5. The van der Waals surface area contributed by atoms with Gasteiger partial charge < -0.3 is 25.4 Å². The second-order valence-electron chi connectivity index (χ2n) is 7.70. The fourth-order valence-electron chi connectivity index (χ4n) is 3.35. The topological polar surface area (TPSA) is 119 Å². The van der Waals surface area contributed by atoms with Gasteiger partial charge in [0.1, 0.15) is 17.3 Å². The van der Waals surface area contributed by atoms with Gasteiger partial charge in [-0.05, 0) is 44.5 Å². The minimum atomic E-state index is -0.292. The van der Waals surface area contributed by atoms with Crippen LogP contribution in [-0.2, 0) is 9.59 Å². The van der Waals surface area contributed by atoms with Gasteiger partial charge in [-0.1, -0.05) is 24.3 Å². The summed E-state index contributed by atoms with van der Waals surface area (Å²) in [5, 5.41) is 8.37. The maximum Gasteiger partial charge on any atom is 0.255 e. The highest BCUT2D eigenvalue weighted by molar-refractivity contribution is 6.05. The molecule has 0 saturated carbocycles. The summed E-state index contributed by atoms with van der Waals surface area (Å²) in [6, 6.07) is 17.3. The lowest BCUT2D eigenvalue weighted by atomic mass is 10.1. The quantitative estimate of drug-likeness (QED) is 0.333. The molecule has 3 amide bonds. The molecule has 36 heavy (non-hydrogen) atoms. The van der Waals surface area contributed by atoms with Crippen molar-refractivity contribution in [2.45, 2.75) is 33.1 Å². The van der Waals surface area contributed by atoms with E-state index in [-0.39, 0.29) is 30.6 Å². The number of ether oxygens (including phenoxy) is 2. The molecule has 9 heteroatoms. The van der Waals surface area contributed by atoms with Crippen LogP contribution in [0, 0.1) is 0 Å². The van der Waals surface area contributed by atoms with Gasteiger partial charge >= 0.3 is 0 Å². The number of carbonyl (C=O) groups excluding carboxylic acids is 3. The second kappa shape index (κ2) is 13.5. The van der Waals surface area contributed by atoms with Crippen molar-refractivity contribution < 1.29 is 23.9 Å². The molecule has 3 aromatic rings. The number of nitrogens with one attached hydrogen (secondary N) is 3. The van der Waals surface area contributed by atoms with Crippen LogP contribution in [0.15, 0.2) is 66.9 Å². The van der Waals surface area contributed by atoms with Gasteiger partial charge in [-0.2, -0.15) is 0 Å². The normalized spacial score (nSPS) is 10.3. The van der Waals surface area contributed by atoms with E-state index in [1.807, 2.05) is 19.9 Å². The zero-order valence-electron chi connectivity index (χ0n) is 20.4. The van der Waals surface area contributed by atoms with Crippen molar-refractivity contribution in [1.82, 2.24) is 4.98 Å². The summed E-state index contributed by atoms with van der Waals surface area (Å²) in [5.41, 5.74) is 1.35. The number of hydrogen-bond donors (Lipinski definition) is 3. The van der Waals surface area contributed by atoms with Gasteiger partial charge in [0.25, 0.3) is 5.91 Å². The van der Waals surface area contributed by atoms with E-state index in [0.29, 0.717) is 53.9 Å². The average molecular weight is 491 g/mol. The highest BCUT2D eigenvalue weighted by Crippen LogP contribution is 2.37. The molecule has 0 aliphatic heterocycles. The van der Waals surface area contributed by atoms with Crippen LogP contribution in [0.2, 0.25) is 0 Å². The van der Waals surface area contributed by atoms with Gasteiger partial charge in [-0.15, -0.1) is 0 Å². The number of hydrogen-bond acceptors (Lipinski definition) is 6. The molecule has 0 aliphatic carbocycles. The summed E-state index contributed by atoms with van der Waals surface area (Å²) in [5.74, 6) is 0.482. The number of pyridine rings is 1. The van der Waals surface area contributed by atoms with Crippen LogP contribution in [0.25, 0.3) is 0 Å². The van der Waals surface area contributed by atoms with Crippen LogP contribution in [0.3, 0.4) is 0 Å². The highest BCUT2D eigenvalue weighted by Gasteiger charge is 2.17. The average Bonchev–Trinajstić information content (AvgIpc) is 2.87. The zero-order chi connectivity index (χ0) is 25.8. The minimum absolute atomic E-state index is 0.137. The van der Waals surface area contributed by atoms with E-state index < -0.39 is 0 Å². The molecular formula is C27H30N4O5. The molecule has 1 heterocycles. The zero-order valence-corrected chi connectivity index (χ0v) is 20.4. The molecule has 0 unspecified atom stereocenters. The first kappa shape index (κ1) is 26.2. The molecule has 3 rings (SSSR count). The third kappa shape index (κ3) is 7.83. The van der Waals surface area contributed by atoms with Gasteiger partial charge in [0.15, 0.2) is 0 Å². The van der Waals surface area contributed by atoms with E-state index in [0.717, 1.165) is 0 Å². The van der Waals surface area contributed by atoms with Gasteiger partial charge in [0, 0.05) is 36.7 Å². The standard InChI is InChI=1S/C27H30N4O5/c1-3-35-22-18-21(30-27(34)19-11-6-5-7-12-19)23(36-4-2)17-20(22)29-25(32)14-10-15-26(33)31-24-13-8-9-16-28-24/h5-9,11-13,16-18H,3-4,10,14-15H2,1-2H3,(H,29,32)(H,30,34)(H,28,31,33). The predicted molar refractivity (Wildman–Crippen MR) is 139 cm³/mol. The van der Waals surface area contributed by atoms with Gasteiger partial charge in [0.05, 0.1) is 24.6 Å². The predicted octanol–water partition coefficient (Wildman–Crippen LogP) is 4.88. The van der Waals surface area contributed by atoms with E-state index in [2.05, 4.69) is 20.9 Å². The Balaban J connectivity index is 1.65. The van der Waals surface area contributed by atoms with Gasteiger partial charge in [-0.25, -0.2) is 4.98 Å². The molecule has 0 atom stereocenters. The summed E-state index contributed by atoms with van der Waals surface area (Å²) in [4.78, 5) is 41.4. The molecule has 0 spiro atoms. The second-order valence-corrected chi connectivity index (χ2v) is 7.70. The first-order chi connectivity index (χ1) is 17.5. The number of benzene rings is 2. The van der Waals surface area contributed by atoms with Crippen LogP contribution in [0.1, 0.15) is 43.5 Å². The molecule has 2 aromatic carbocycles. The van der Waals surface area contributed by atoms with Crippen LogP contribution in [0.4, 0.5) is 17.2 Å². The molecule has 188 valence electrons. The van der Waals surface area contributed by atoms with Crippen LogP contribution >= 0.6 is 0 Å². The Morgan fingerprint density at radius 3 is 1.92 bits per heavy atom. The summed E-state index contributed by atoms with van der Waals surface area (Å²) in [6.45, 7) is 4.37. The van der Waals surface area contributed by atoms with E-state index in [1.165, 1.54) is 0 Å². The molecular weight excluding hydrogens is 460 g/mol. The molecule has 0 fully saturated rings. The van der Waals surface area contributed by atoms with Crippen LogP contribution < -0.4 is 25.4 Å². The molecule has 0 bridgehead atoms. The monoisotopic (exact) mass is 490 g/mol. The van der Waals surface area contributed by atoms with E-state index in [9.17, 15) is 14.4 Å². The third-order valence-electron chi connectivity index (χ3n) is 4.98. The Bertz CT molecular complexity index is 1170. The Kier molecular flexibility index (Phi) is 9.81. The molecule has 0 radical (unpaired) electrons. The van der Waals surface area contributed by atoms with Crippen molar-refractivity contribution in [3.8, 4) is 11.5 Å². The molecule has 0 saturated heterocycles. The summed E-state index contributed by atoms with van der Waals surface area (Å²) < 4.78 is 11.4. The Labute approximate surface area is 210 Å². The largest absolute Gasteiger partial charge is 0.492 e. The van der Waals surface area contributed by atoms with Gasteiger partial charge in [-0.3, -0.25) is 14.4 Å². The third-order valence-corrected chi connectivity index (χ3v) is 4.98. The number of nitrogens with zero attached hydrogens (tertiary/aromatic N) is 1. The fraction of sp³-hybridized carbons (Fsp3) is 0.259. The van der Waals surface area contributed by atoms with Gasteiger partial charge in [0.2, 0.25) is 11.8 Å². The summed E-state index contributed by atoms with van der Waals surface area (Å²) >= 11 is 0. The first-order valence-corrected chi connectivity index (χ1v) is 11.8. The number of carbonyl (C=O) groups is 3. The van der Waals surface area contributed by atoms with Crippen LogP contribution in [0.5, 0.6) is 11.5 Å². The van der Waals surface area contributed by atoms with Crippen molar-refractivity contribution >= 4 is 34.9 Å². The van der Waals surface area contributed by atoms with Crippen molar-refractivity contribution in [2.75, 3.05) is 29.2 Å². The smallest absolute Gasteiger partial charge is 0.255 e. The van der Waals surface area contributed by atoms with E-state index >= 15 is 0 Å². The maximum atomic E-state index is 12.7. The lowest BCUT2D eigenvalue weighted by Gasteiger charge is -2.18. The van der Waals surface area contributed by atoms with Crippen molar-refractivity contribution in [3.05, 3.63) is 72.4 Å². The first-order valence-electron chi connectivity index (χ1n) is 11.8. The SMILES string of the molecule is CCOc1cc(NC(=O)c2ccccc2)c(OCC)cc1NC(=O)CCCC(=O)Nc1ccccn1. The molecule has 1 aromatic heterocycles. The maximum absolute atomic E-state index is 12.7. The number of rotatable bonds is 12. The summed E-state index contributed by atoms with van der Waals surface area (Å²) in [7, 11) is 0. The molecule has 9 nitrogen and oxygen atoms in total. The number of aromatic nitrogens is 1. The molecule has 3 N–H and O–H groups in total.